The largest absolute Gasteiger partial charge is 0.394 e. The van der Waals surface area contributed by atoms with Crippen molar-refractivity contribution in [3.63, 3.8) is 0 Å². The summed E-state index contributed by atoms with van der Waals surface area (Å²) in [5.74, 6) is -0.453. The van der Waals surface area contributed by atoms with Gasteiger partial charge in [0.25, 0.3) is 11.5 Å². The van der Waals surface area contributed by atoms with Crippen molar-refractivity contribution < 1.29 is 9.90 Å². The lowest BCUT2D eigenvalue weighted by molar-refractivity contribution is 0.0910. The first-order valence-corrected chi connectivity index (χ1v) is 7.94. The molecule has 25 heavy (non-hydrogen) atoms. The van der Waals surface area contributed by atoms with E-state index in [9.17, 15) is 14.7 Å². The number of aryl methyl sites for hydroxylation is 1. The van der Waals surface area contributed by atoms with Crippen LogP contribution < -0.4 is 10.9 Å². The highest BCUT2D eigenvalue weighted by Gasteiger charge is 2.17. The van der Waals surface area contributed by atoms with Crippen LogP contribution in [0, 0.1) is 6.92 Å². The molecular weight excluding hydrogens is 318 g/mol. The predicted octanol–water partition coefficient (Wildman–Crippen LogP) is 1.94. The van der Waals surface area contributed by atoms with E-state index in [1.54, 1.807) is 12.1 Å². The molecule has 0 saturated carbocycles. The highest BCUT2D eigenvalue weighted by atomic mass is 16.3. The Bertz CT molecular complexity index is 911. The van der Waals surface area contributed by atoms with Gasteiger partial charge in [0.15, 0.2) is 0 Å². The van der Waals surface area contributed by atoms with Gasteiger partial charge in [0.05, 0.1) is 18.3 Å². The molecule has 0 unspecified atom stereocenters. The SMILES string of the molecule is Cc1ccc(-n2[nH]c(C(=O)N[C@@H](CO)c3ccccc3)cc2=O)cc1. The second-order valence-electron chi connectivity index (χ2n) is 5.80. The molecule has 0 bridgehead atoms. The molecule has 0 aliphatic carbocycles. The van der Waals surface area contributed by atoms with Gasteiger partial charge in [0, 0.05) is 6.07 Å². The monoisotopic (exact) mass is 337 g/mol. The van der Waals surface area contributed by atoms with Gasteiger partial charge in [0.1, 0.15) is 5.69 Å². The van der Waals surface area contributed by atoms with E-state index in [2.05, 4.69) is 10.4 Å². The number of rotatable bonds is 5. The van der Waals surface area contributed by atoms with Crippen LogP contribution in [0.5, 0.6) is 0 Å². The minimum absolute atomic E-state index is 0.139. The van der Waals surface area contributed by atoms with E-state index in [1.165, 1.54) is 10.7 Å². The number of carbonyl (C=O) groups is 1. The maximum atomic E-state index is 12.4. The van der Waals surface area contributed by atoms with Crippen LogP contribution in [-0.4, -0.2) is 27.4 Å². The summed E-state index contributed by atoms with van der Waals surface area (Å²) < 4.78 is 1.31. The average Bonchev–Trinajstić information content (AvgIpc) is 3.03. The van der Waals surface area contributed by atoms with E-state index >= 15 is 0 Å². The van der Waals surface area contributed by atoms with Gasteiger partial charge in [-0.2, -0.15) is 0 Å². The number of nitrogens with zero attached hydrogens (tertiary/aromatic N) is 1. The Morgan fingerprint density at radius 2 is 1.84 bits per heavy atom. The van der Waals surface area contributed by atoms with Crippen LogP contribution in [-0.2, 0) is 0 Å². The molecule has 0 radical (unpaired) electrons. The van der Waals surface area contributed by atoms with Crippen molar-refractivity contribution in [2.45, 2.75) is 13.0 Å². The summed E-state index contributed by atoms with van der Waals surface area (Å²) in [7, 11) is 0. The number of amides is 1. The summed E-state index contributed by atoms with van der Waals surface area (Å²) >= 11 is 0. The molecule has 2 aromatic carbocycles. The van der Waals surface area contributed by atoms with E-state index in [1.807, 2.05) is 49.4 Å². The third-order valence-corrected chi connectivity index (χ3v) is 3.95. The second-order valence-corrected chi connectivity index (χ2v) is 5.80. The summed E-state index contributed by atoms with van der Waals surface area (Å²) in [5, 5.41) is 15.1. The van der Waals surface area contributed by atoms with Gasteiger partial charge in [-0.1, -0.05) is 48.0 Å². The lowest BCUT2D eigenvalue weighted by Crippen LogP contribution is -2.31. The van der Waals surface area contributed by atoms with Crippen LogP contribution in [0.15, 0.2) is 65.5 Å². The van der Waals surface area contributed by atoms with Gasteiger partial charge < -0.3 is 10.4 Å². The minimum Gasteiger partial charge on any atom is -0.394 e. The fourth-order valence-corrected chi connectivity index (χ4v) is 2.55. The van der Waals surface area contributed by atoms with E-state index in [0.29, 0.717) is 5.69 Å². The van der Waals surface area contributed by atoms with Crippen molar-refractivity contribution >= 4 is 5.91 Å². The van der Waals surface area contributed by atoms with Crippen molar-refractivity contribution in [1.29, 1.82) is 0 Å². The predicted molar refractivity (Wildman–Crippen MR) is 94.9 cm³/mol. The molecule has 3 rings (SSSR count). The average molecular weight is 337 g/mol. The van der Waals surface area contributed by atoms with E-state index in [0.717, 1.165) is 11.1 Å². The molecule has 3 aromatic rings. The first-order chi connectivity index (χ1) is 12.1. The van der Waals surface area contributed by atoms with Gasteiger partial charge in [0.2, 0.25) is 0 Å². The van der Waals surface area contributed by atoms with Crippen molar-refractivity contribution in [3.05, 3.63) is 87.8 Å². The zero-order chi connectivity index (χ0) is 17.8. The van der Waals surface area contributed by atoms with Gasteiger partial charge >= 0.3 is 0 Å². The van der Waals surface area contributed by atoms with Crippen LogP contribution in [0.3, 0.4) is 0 Å². The molecule has 0 saturated heterocycles. The first-order valence-electron chi connectivity index (χ1n) is 7.94. The first kappa shape index (κ1) is 16.7. The van der Waals surface area contributed by atoms with Gasteiger partial charge in [-0.15, -0.1) is 0 Å². The Labute approximate surface area is 144 Å². The fourth-order valence-electron chi connectivity index (χ4n) is 2.55. The number of aromatic nitrogens is 2. The molecule has 0 aliphatic rings. The number of H-pyrrole nitrogens is 1. The fraction of sp³-hybridized carbons (Fsp3) is 0.158. The third-order valence-electron chi connectivity index (χ3n) is 3.95. The van der Waals surface area contributed by atoms with Crippen LogP contribution in [0.2, 0.25) is 0 Å². The highest BCUT2D eigenvalue weighted by Crippen LogP contribution is 2.12. The van der Waals surface area contributed by atoms with Gasteiger partial charge in [-0.3, -0.25) is 14.7 Å². The second kappa shape index (κ2) is 7.19. The number of carbonyl (C=O) groups excluding carboxylic acids is 1. The molecule has 0 fully saturated rings. The Morgan fingerprint density at radius 3 is 2.48 bits per heavy atom. The number of aromatic amines is 1. The molecule has 1 heterocycles. The molecule has 1 aromatic heterocycles. The number of aliphatic hydroxyl groups is 1. The molecule has 3 N–H and O–H groups in total. The molecule has 6 heteroatoms. The Hall–Kier alpha value is -3.12. The number of hydrogen-bond acceptors (Lipinski definition) is 3. The zero-order valence-electron chi connectivity index (χ0n) is 13.8. The lowest BCUT2D eigenvalue weighted by atomic mass is 10.1. The smallest absolute Gasteiger partial charge is 0.271 e. The molecule has 128 valence electrons. The van der Waals surface area contributed by atoms with Crippen molar-refractivity contribution in [1.82, 2.24) is 15.1 Å². The highest BCUT2D eigenvalue weighted by molar-refractivity contribution is 5.92. The minimum atomic E-state index is -0.542. The van der Waals surface area contributed by atoms with E-state index in [-0.39, 0.29) is 17.9 Å². The van der Waals surface area contributed by atoms with Crippen molar-refractivity contribution in [2.75, 3.05) is 6.61 Å². The molecule has 1 amide bonds. The molecule has 0 spiro atoms. The number of benzene rings is 2. The van der Waals surface area contributed by atoms with Gasteiger partial charge in [-0.25, -0.2) is 4.68 Å². The maximum absolute atomic E-state index is 12.4. The summed E-state index contributed by atoms with van der Waals surface area (Å²) in [4.78, 5) is 24.6. The summed E-state index contributed by atoms with van der Waals surface area (Å²) in [6.07, 6.45) is 0. The van der Waals surface area contributed by atoms with E-state index in [4.69, 9.17) is 0 Å². The third kappa shape index (κ3) is 3.70. The van der Waals surface area contributed by atoms with Crippen LogP contribution in [0.1, 0.15) is 27.7 Å². The summed E-state index contributed by atoms with van der Waals surface area (Å²) in [6, 6.07) is 17.2. The molecular formula is C19H19N3O3. The molecule has 0 aliphatic heterocycles. The van der Waals surface area contributed by atoms with E-state index < -0.39 is 11.9 Å². The summed E-state index contributed by atoms with van der Waals surface area (Å²) in [6.45, 7) is 1.72. The molecule has 6 nitrogen and oxygen atoms in total. The number of aliphatic hydroxyl groups excluding tert-OH is 1. The quantitative estimate of drug-likeness (QED) is 0.665. The van der Waals surface area contributed by atoms with Crippen molar-refractivity contribution in [2.24, 2.45) is 0 Å². The number of nitrogens with one attached hydrogen (secondary N) is 2. The topological polar surface area (TPSA) is 87.1 Å². The normalized spacial score (nSPS) is 11.9. The van der Waals surface area contributed by atoms with Crippen LogP contribution >= 0.6 is 0 Å². The van der Waals surface area contributed by atoms with Crippen LogP contribution in [0.4, 0.5) is 0 Å². The maximum Gasteiger partial charge on any atom is 0.271 e. The lowest BCUT2D eigenvalue weighted by Gasteiger charge is -2.16. The Kier molecular flexibility index (Phi) is 4.81. The summed E-state index contributed by atoms with van der Waals surface area (Å²) in [5.41, 5.74) is 2.33. The van der Waals surface area contributed by atoms with Crippen LogP contribution in [0.25, 0.3) is 5.69 Å². The van der Waals surface area contributed by atoms with Gasteiger partial charge in [-0.05, 0) is 24.6 Å². The molecule has 1 atom stereocenters. The number of hydrogen-bond donors (Lipinski definition) is 3. The Balaban J connectivity index is 1.82. The zero-order valence-corrected chi connectivity index (χ0v) is 13.8. The van der Waals surface area contributed by atoms with Crippen molar-refractivity contribution in [3.8, 4) is 5.69 Å². The Morgan fingerprint density at radius 1 is 1.16 bits per heavy atom. The standard InChI is InChI=1S/C19H19N3O3/c1-13-7-9-15(10-8-13)22-18(24)11-16(21-22)19(25)20-17(12-23)14-5-3-2-4-6-14/h2-11,17,21,23H,12H2,1H3,(H,20,25)/t17-/m0/s1.